The first kappa shape index (κ1) is 19.4. The molecule has 7 nitrogen and oxygen atoms in total. The molecule has 4 rings (SSSR count). The van der Waals surface area contributed by atoms with Gasteiger partial charge in [-0.3, -0.25) is 9.69 Å². The third-order valence-corrected chi connectivity index (χ3v) is 6.51. The van der Waals surface area contributed by atoms with E-state index in [9.17, 15) is 10.1 Å². The van der Waals surface area contributed by atoms with Gasteiger partial charge in [-0.25, -0.2) is 0 Å². The molecule has 150 valence electrons. The van der Waals surface area contributed by atoms with Crippen molar-refractivity contribution in [3.63, 3.8) is 0 Å². The molecule has 0 aliphatic carbocycles. The molecule has 1 aromatic heterocycles. The van der Waals surface area contributed by atoms with E-state index in [0.29, 0.717) is 30.3 Å². The number of hydrogen-bond donors (Lipinski definition) is 1. The molecular weight excluding hydrogens is 390 g/mol. The number of furan rings is 1. The fourth-order valence-corrected chi connectivity index (χ4v) is 5.01. The first-order valence-electron chi connectivity index (χ1n) is 9.30. The van der Waals surface area contributed by atoms with Crippen LogP contribution in [0.2, 0.25) is 0 Å². The number of thioether (sulfide) groups is 1. The third kappa shape index (κ3) is 3.71. The average molecular weight is 412 g/mol. The Hall–Kier alpha value is -2.89. The minimum Gasteiger partial charge on any atom is -0.497 e. The van der Waals surface area contributed by atoms with Crippen LogP contribution in [0.15, 0.2) is 51.6 Å². The number of quaternary nitrogens is 1. The van der Waals surface area contributed by atoms with E-state index in [4.69, 9.17) is 13.9 Å². The van der Waals surface area contributed by atoms with Crippen LogP contribution in [0.5, 0.6) is 11.5 Å². The minimum absolute atomic E-state index is 0.0195. The molecule has 2 aromatic rings. The quantitative estimate of drug-likeness (QED) is 0.810. The lowest BCUT2D eigenvalue weighted by Crippen LogP contribution is -3.12. The number of methoxy groups -OCH3 is 2. The maximum absolute atomic E-state index is 13.0. The van der Waals surface area contributed by atoms with Gasteiger partial charge in [0, 0.05) is 24.0 Å². The topological polar surface area (TPSA) is 80.1 Å². The van der Waals surface area contributed by atoms with Gasteiger partial charge >= 0.3 is 0 Å². The first-order valence-corrected chi connectivity index (χ1v) is 10.3. The van der Waals surface area contributed by atoms with Gasteiger partial charge in [0.05, 0.1) is 32.1 Å². The smallest absolute Gasteiger partial charge is 0.232 e. The summed E-state index contributed by atoms with van der Waals surface area (Å²) in [6.45, 7) is 1.23. The fourth-order valence-electron chi connectivity index (χ4n) is 3.81. The molecule has 1 N–H and O–H groups in total. The molecule has 1 amide bonds. The molecule has 1 saturated heterocycles. The fraction of sp³-hybridized carbons (Fsp3) is 0.333. The van der Waals surface area contributed by atoms with Crippen molar-refractivity contribution in [2.75, 3.05) is 26.8 Å². The molecule has 29 heavy (non-hydrogen) atoms. The van der Waals surface area contributed by atoms with E-state index >= 15 is 0 Å². The van der Waals surface area contributed by atoms with Crippen LogP contribution in [0.25, 0.3) is 0 Å². The van der Waals surface area contributed by atoms with Crippen molar-refractivity contribution >= 4 is 17.7 Å². The normalized spacial score (nSPS) is 21.6. The lowest BCUT2D eigenvalue weighted by Gasteiger charge is -2.39. The van der Waals surface area contributed by atoms with E-state index in [2.05, 4.69) is 6.07 Å². The van der Waals surface area contributed by atoms with Gasteiger partial charge in [-0.2, -0.15) is 5.26 Å². The zero-order valence-electron chi connectivity index (χ0n) is 16.3. The van der Waals surface area contributed by atoms with Crippen molar-refractivity contribution in [3.05, 3.63) is 58.5 Å². The van der Waals surface area contributed by atoms with Crippen LogP contribution >= 0.6 is 11.8 Å². The van der Waals surface area contributed by atoms with E-state index in [0.717, 1.165) is 22.2 Å². The van der Waals surface area contributed by atoms with Crippen LogP contribution in [0.1, 0.15) is 23.7 Å². The molecular formula is C21H22N3O4S+. The van der Waals surface area contributed by atoms with Crippen molar-refractivity contribution in [3.8, 4) is 17.6 Å². The maximum atomic E-state index is 13.0. The second-order valence-electron chi connectivity index (χ2n) is 6.97. The molecule has 2 aliphatic heterocycles. The summed E-state index contributed by atoms with van der Waals surface area (Å²) < 4.78 is 16.2. The van der Waals surface area contributed by atoms with Crippen LogP contribution < -0.4 is 14.4 Å². The van der Waals surface area contributed by atoms with Gasteiger partial charge in [0.2, 0.25) is 5.91 Å². The van der Waals surface area contributed by atoms with Crippen molar-refractivity contribution in [1.82, 2.24) is 4.90 Å². The second-order valence-corrected chi connectivity index (χ2v) is 7.93. The van der Waals surface area contributed by atoms with Crippen LogP contribution in [0.3, 0.4) is 0 Å². The lowest BCUT2D eigenvalue weighted by molar-refractivity contribution is -0.911. The molecule has 8 heteroatoms. The Morgan fingerprint density at radius 3 is 2.90 bits per heavy atom. The summed E-state index contributed by atoms with van der Waals surface area (Å²) in [4.78, 5) is 16.0. The van der Waals surface area contributed by atoms with Gasteiger partial charge in [-0.15, -0.1) is 0 Å². The Labute approximate surface area is 173 Å². The Morgan fingerprint density at radius 1 is 1.34 bits per heavy atom. The van der Waals surface area contributed by atoms with Crippen LogP contribution in [-0.2, 0) is 11.3 Å². The SMILES string of the molecule is COc1ccc([C@@H]2CC(=O)N3C[NH+](Cc4ccco4)CSC3=C2C#N)c(OC)c1. The van der Waals surface area contributed by atoms with Gasteiger partial charge < -0.3 is 18.8 Å². The number of nitrogens with one attached hydrogen (secondary N) is 1. The number of carbonyl (C=O) groups is 1. The predicted octanol–water partition coefficient (Wildman–Crippen LogP) is 2.09. The summed E-state index contributed by atoms with van der Waals surface area (Å²) in [6, 6.07) is 11.7. The summed E-state index contributed by atoms with van der Waals surface area (Å²) in [5, 5.41) is 10.7. The number of rotatable bonds is 5. The highest BCUT2D eigenvalue weighted by Crippen LogP contribution is 2.43. The van der Waals surface area contributed by atoms with Gasteiger partial charge in [-0.05, 0) is 30.0 Å². The van der Waals surface area contributed by atoms with Crippen molar-refractivity contribution in [1.29, 1.82) is 5.26 Å². The van der Waals surface area contributed by atoms with E-state index in [-0.39, 0.29) is 18.2 Å². The molecule has 1 aromatic carbocycles. The maximum Gasteiger partial charge on any atom is 0.232 e. The van der Waals surface area contributed by atoms with Gasteiger partial charge in [0.1, 0.15) is 28.9 Å². The number of allylic oxidation sites excluding steroid dienone is 1. The lowest BCUT2D eigenvalue weighted by atomic mass is 9.86. The van der Waals surface area contributed by atoms with Crippen molar-refractivity contribution < 1.29 is 23.6 Å². The van der Waals surface area contributed by atoms with Crippen molar-refractivity contribution in [2.24, 2.45) is 0 Å². The van der Waals surface area contributed by atoms with Crippen molar-refractivity contribution in [2.45, 2.75) is 18.9 Å². The Kier molecular flexibility index (Phi) is 5.51. The molecule has 0 bridgehead atoms. The first-order chi connectivity index (χ1) is 14.1. The third-order valence-electron chi connectivity index (χ3n) is 5.24. The highest BCUT2D eigenvalue weighted by Gasteiger charge is 2.40. The summed E-state index contributed by atoms with van der Waals surface area (Å²) >= 11 is 1.55. The summed E-state index contributed by atoms with van der Waals surface area (Å²) in [5.41, 5.74) is 1.45. The highest BCUT2D eigenvalue weighted by atomic mass is 32.2. The molecule has 3 heterocycles. The number of hydrogen-bond acceptors (Lipinski definition) is 6. The molecule has 0 spiro atoms. The van der Waals surface area contributed by atoms with E-state index in [1.54, 1.807) is 43.2 Å². The molecule has 0 saturated carbocycles. The standard InChI is InChI=1S/C21H21N3O4S/c1-26-14-5-6-16(19(8-14)27-2)17-9-20(25)24-12-23(11-15-4-3-7-28-15)13-29-21(24)18(17)10-22/h3-8,17H,9,11-13H2,1-2H3/p+1/t17-/m0/s1. The van der Waals surface area contributed by atoms with Gasteiger partial charge in [0.25, 0.3) is 0 Å². The molecule has 2 aliphatic rings. The number of nitrogens with zero attached hydrogens (tertiary/aromatic N) is 2. The summed E-state index contributed by atoms with van der Waals surface area (Å²) in [7, 11) is 3.17. The van der Waals surface area contributed by atoms with E-state index in [1.165, 1.54) is 4.90 Å². The Morgan fingerprint density at radius 2 is 2.21 bits per heavy atom. The Bertz CT molecular complexity index is 980. The molecule has 1 fully saturated rings. The minimum atomic E-state index is -0.321. The van der Waals surface area contributed by atoms with Crippen LogP contribution in [-0.4, -0.2) is 37.6 Å². The molecule has 2 atom stereocenters. The second kappa shape index (κ2) is 8.23. The number of ether oxygens (including phenoxy) is 2. The number of carbonyl (C=O) groups excluding carboxylic acids is 1. The zero-order valence-corrected chi connectivity index (χ0v) is 17.1. The average Bonchev–Trinajstić information content (AvgIpc) is 3.26. The molecule has 1 unspecified atom stereocenters. The zero-order chi connectivity index (χ0) is 20.4. The van der Waals surface area contributed by atoms with E-state index < -0.39 is 0 Å². The van der Waals surface area contributed by atoms with Crippen LogP contribution in [0.4, 0.5) is 0 Å². The summed E-state index contributed by atoms with van der Waals surface area (Å²) in [5.74, 6) is 2.64. The number of nitriles is 1. The number of benzene rings is 1. The predicted molar refractivity (Wildman–Crippen MR) is 107 cm³/mol. The summed E-state index contributed by atoms with van der Waals surface area (Å²) in [6.07, 6.45) is 1.90. The number of fused-ring (bicyclic) bond motifs is 1. The Balaban J connectivity index is 1.64. The highest BCUT2D eigenvalue weighted by molar-refractivity contribution is 8.02. The van der Waals surface area contributed by atoms with Crippen LogP contribution in [0, 0.1) is 11.3 Å². The monoisotopic (exact) mass is 412 g/mol. The van der Waals surface area contributed by atoms with Gasteiger partial charge in [-0.1, -0.05) is 6.07 Å². The van der Waals surface area contributed by atoms with Gasteiger partial charge in [0.15, 0.2) is 12.4 Å². The number of amides is 1. The molecule has 0 radical (unpaired) electrons. The van der Waals surface area contributed by atoms with E-state index in [1.807, 2.05) is 24.3 Å². The largest absolute Gasteiger partial charge is 0.497 e.